The summed E-state index contributed by atoms with van der Waals surface area (Å²) in [6.07, 6.45) is 3.58. The lowest BCUT2D eigenvalue weighted by Gasteiger charge is -2.17. The van der Waals surface area contributed by atoms with Crippen LogP contribution in [-0.4, -0.2) is 30.5 Å². The van der Waals surface area contributed by atoms with Gasteiger partial charge in [0.2, 0.25) is 11.8 Å². The van der Waals surface area contributed by atoms with Gasteiger partial charge in [-0.25, -0.2) is 0 Å². The van der Waals surface area contributed by atoms with Gasteiger partial charge in [0.1, 0.15) is 0 Å². The summed E-state index contributed by atoms with van der Waals surface area (Å²) in [5.74, 6) is -0.931. The predicted octanol–water partition coefficient (Wildman–Crippen LogP) is 4.25. The van der Waals surface area contributed by atoms with E-state index >= 15 is 0 Å². The molecule has 1 aliphatic heterocycles. The second kappa shape index (κ2) is 9.09. The number of nitrogens with one attached hydrogen (secondary N) is 2. The summed E-state index contributed by atoms with van der Waals surface area (Å²) in [4.78, 5) is 40.1. The van der Waals surface area contributed by atoms with Crippen molar-refractivity contribution in [3.8, 4) is 0 Å². The van der Waals surface area contributed by atoms with Crippen molar-refractivity contribution in [2.24, 2.45) is 5.92 Å². The monoisotopic (exact) mass is 435 g/mol. The molecule has 1 fully saturated rings. The Labute approximate surface area is 183 Å². The molecule has 1 aliphatic rings. The summed E-state index contributed by atoms with van der Waals surface area (Å²) < 4.78 is 5.08. The third kappa shape index (κ3) is 4.80. The first kappa shape index (κ1) is 20.7. The molecule has 0 aliphatic carbocycles. The lowest BCUT2D eigenvalue weighted by Crippen LogP contribution is -2.28. The second-order valence-electron chi connectivity index (χ2n) is 7.10. The molecule has 8 heteroatoms. The molecule has 3 amide bonds. The Kier molecular flexibility index (Phi) is 6.08. The van der Waals surface area contributed by atoms with E-state index < -0.39 is 5.92 Å². The van der Waals surface area contributed by atoms with Gasteiger partial charge in [0, 0.05) is 34.9 Å². The van der Waals surface area contributed by atoms with Gasteiger partial charge in [0.15, 0.2) is 5.76 Å². The SMILES string of the molecule is CSc1ccc(N2CC(C(=O)Nc3cccc(NC(=O)c4ccco4)c3)CC2=O)cc1. The molecule has 31 heavy (non-hydrogen) atoms. The first-order chi connectivity index (χ1) is 15.0. The van der Waals surface area contributed by atoms with Gasteiger partial charge < -0.3 is 20.0 Å². The lowest BCUT2D eigenvalue weighted by atomic mass is 10.1. The molecule has 2 heterocycles. The Morgan fingerprint density at radius 1 is 1.03 bits per heavy atom. The van der Waals surface area contributed by atoms with Crippen molar-refractivity contribution in [3.63, 3.8) is 0 Å². The van der Waals surface area contributed by atoms with Crippen LogP contribution in [0.3, 0.4) is 0 Å². The average Bonchev–Trinajstić information content (AvgIpc) is 3.44. The predicted molar refractivity (Wildman–Crippen MR) is 120 cm³/mol. The van der Waals surface area contributed by atoms with Gasteiger partial charge in [0.05, 0.1) is 12.2 Å². The zero-order chi connectivity index (χ0) is 21.8. The van der Waals surface area contributed by atoms with Crippen molar-refractivity contribution in [1.82, 2.24) is 0 Å². The number of benzene rings is 2. The summed E-state index contributed by atoms with van der Waals surface area (Å²) in [5.41, 5.74) is 1.86. The molecule has 0 radical (unpaired) electrons. The van der Waals surface area contributed by atoms with Crippen LogP contribution in [0.15, 0.2) is 76.2 Å². The minimum atomic E-state index is -0.450. The van der Waals surface area contributed by atoms with Gasteiger partial charge in [-0.15, -0.1) is 11.8 Å². The van der Waals surface area contributed by atoms with Crippen LogP contribution in [0.1, 0.15) is 17.0 Å². The van der Waals surface area contributed by atoms with Crippen molar-refractivity contribution in [2.75, 3.05) is 28.3 Å². The number of rotatable bonds is 6. The molecule has 1 atom stereocenters. The van der Waals surface area contributed by atoms with E-state index in [4.69, 9.17) is 4.42 Å². The third-order valence-electron chi connectivity index (χ3n) is 5.01. The first-order valence-corrected chi connectivity index (χ1v) is 11.0. The van der Waals surface area contributed by atoms with Gasteiger partial charge in [-0.05, 0) is 60.9 Å². The molecule has 7 nitrogen and oxygen atoms in total. The topological polar surface area (TPSA) is 91.7 Å². The van der Waals surface area contributed by atoms with Crippen LogP contribution in [0.4, 0.5) is 17.1 Å². The average molecular weight is 436 g/mol. The fourth-order valence-electron chi connectivity index (χ4n) is 3.41. The van der Waals surface area contributed by atoms with E-state index in [2.05, 4.69) is 10.6 Å². The van der Waals surface area contributed by atoms with Crippen LogP contribution in [0, 0.1) is 5.92 Å². The van der Waals surface area contributed by atoms with Gasteiger partial charge in [-0.2, -0.15) is 0 Å². The van der Waals surface area contributed by atoms with E-state index in [-0.39, 0.29) is 29.9 Å². The van der Waals surface area contributed by atoms with E-state index in [0.29, 0.717) is 17.9 Å². The van der Waals surface area contributed by atoms with Crippen LogP contribution < -0.4 is 15.5 Å². The normalized spacial score (nSPS) is 15.7. The number of furan rings is 1. The molecule has 1 saturated heterocycles. The van der Waals surface area contributed by atoms with E-state index in [1.165, 1.54) is 6.26 Å². The summed E-state index contributed by atoms with van der Waals surface area (Å²) in [6, 6.07) is 17.8. The Hall–Kier alpha value is -3.52. The van der Waals surface area contributed by atoms with E-state index in [0.717, 1.165) is 10.6 Å². The molecule has 0 saturated carbocycles. The van der Waals surface area contributed by atoms with Crippen molar-refractivity contribution in [3.05, 3.63) is 72.7 Å². The first-order valence-electron chi connectivity index (χ1n) is 9.73. The van der Waals surface area contributed by atoms with Crippen molar-refractivity contribution in [2.45, 2.75) is 11.3 Å². The fraction of sp³-hybridized carbons (Fsp3) is 0.174. The molecule has 0 bridgehead atoms. The van der Waals surface area contributed by atoms with Crippen LogP contribution in [0.5, 0.6) is 0 Å². The van der Waals surface area contributed by atoms with Crippen LogP contribution in [0.2, 0.25) is 0 Å². The summed E-state index contributed by atoms with van der Waals surface area (Å²) in [6.45, 7) is 0.332. The highest BCUT2D eigenvalue weighted by atomic mass is 32.2. The van der Waals surface area contributed by atoms with Crippen LogP contribution in [-0.2, 0) is 9.59 Å². The maximum atomic E-state index is 12.8. The highest BCUT2D eigenvalue weighted by molar-refractivity contribution is 7.98. The summed E-state index contributed by atoms with van der Waals surface area (Å²) in [7, 11) is 0. The highest BCUT2D eigenvalue weighted by Gasteiger charge is 2.35. The number of carbonyl (C=O) groups is 3. The minimum absolute atomic E-state index is 0.0727. The number of amides is 3. The van der Waals surface area contributed by atoms with E-state index in [1.54, 1.807) is 53.1 Å². The molecule has 4 rings (SSSR count). The number of nitrogens with zero attached hydrogens (tertiary/aromatic N) is 1. The third-order valence-corrected chi connectivity index (χ3v) is 5.76. The van der Waals surface area contributed by atoms with E-state index in [9.17, 15) is 14.4 Å². The molecule has 0 spiro atoms. The number of thioether (sulfide) groups is 1. The Morgan fingerprint density at radius 2 is 1.77 bits per heavy atom. The zero-order valence-electron chi connectivity index (χ0n) is 16.8. The van der Waals surface area contributed by atoms with Gasteiger partial charge in [-0.1, -0.05) is 6.07 Å². The molecular formula is C23H21N3O4S. The van der Waals surface area contributed by atoms with Gasteiger partial charge >= 0.3 is 0 Å². The van der Waals surface area contributed by atoms with Gasteiger partial charge in [0.25, 0.3) is 5.91 Å². The quantitative estimate of drug-likeness (QED) is 0.565. The molecule has 3 aromatic rings. The van der Waals surface area contributed by atoms with Gasteiger partial charge in [-0.3, -0.25) is 14.4 Å². The molecule has 1 unspecified atom stereocenters. The minimum Gasteiger partial charge on any atom is -0.459 e. The number of hydrogen-bond acceptors (Lipinski definition) is 5. The fourth-order valence-corrected chi connectivity index (χ4v) is 3.82. The van der Waals surface area contributed by atoms with Crippen LogP contribution >= 0.6 is 11.8 Å². The van der Waals surface area contributed by atoms with Crippen molar-refractivity contribution >= 4 is 46.5 Å². The number of carbonyl (C=O) groups excluding carboxylic acids is 3. The second-order valence-corrected chi connectivity index (χ2v) is 7.98. The lowest BCUT2D eigenvalue weighted by molar-refractivity contribution is -0.122. The van der Waals surface area contributed by atoms with Crippen LogP contribution in [0.25, 0.3) is 0 Å². The Bertz CT molecular complexity index is 1100. The highest BCUT2D eigenvalue weighted by Crippen LogP contribution is 2.28. The Balaban J connectivity index is 1.39. The molecule has 1 aromatic heterocycles. The van der Waals surface area contributed by atoms with Crippen molar-refractivity contribution < 1.29 is 18.8 Å². The maximum Gasteiger partial charge on any atom is 0.291 e. The standard InChI is InChI=1S/C23H21N3O4S/c1-31-19-9-7-18(8-10-19)26-14-15(12-21(26)27)22(28)24-16-4-2-5-17(13-16)25-23(29)20-6-3-11-30-20/h2-11,13,15H,12,14H2,1H3,(H,24,28)(H,25,29). The van der Waals surface area contributed by atoms with Crippen molar-refractivity contribution in [1.29, 1.82) is 0 Å². The molecule has 2 aromatic carbocycles. The zero-order valence-corrected chi connectivity index (χ0v) is 17.6. The largest absolute Gasteiger partial charge is 0.459 e. The molecule has 158 valence electrons. The van der Waals surface area contributed by atoms with E-state index in [1.807, 2.05) is 30.5 Å². The molecular weight excluding hydrogens is 414 g/mol. The smallest absolute Gasteiger partial charge is 0.291 e. The summed E-state index contributed by atoms with van der Waals surface area (Å²) >= 11 is 1.63. The number of hydrogen-bond donors (Lipinski definition) is 2. The number of anilines is 3. The Morgan fingerprint density at radius 3 is 2.45 bits per heavy atom. The summed E-state index contributed by atoms with van der Waals surface area (Å²) in [5, 5.41) is 5.57. The molecule has 2 N–H and O–H groups in total. The maximum absolute atomic E-state index is 12.8.